The lowest BCUT2D eigenvalue weighted by atomic mass is 10.0. The van der Waals surface area contributed by atoms with E-state index in [-0.39, 0.29) is 11.9 Å². The Balaban J connectivity index is 2.63. The number of halogens is 1. The molecule has 0 aromatic heterocycles. The molecule has 78 valence electrons. The highest BCUT2D eigenvalue weighted by Crippen LogP contribution is 2.12. The second-order valence-electron chi connectivity index (χ2n) is 3.73. The lowest BCUT2D eigenvalue weighted by Gasteiger charge is -2.09. The van der Waals surface area contributed by atoms with Crippen molar-refractivity contribution in [1.82, 2.24) is 0 Å². The van der Waals surface area contributed by atoms with Crippen molar-refractivity contribution in [1.29, 1.82) is 0 Å². The van der Waals surface area contributed by atoms with E-state index in [4.69, 9.17) is 0 Å². The van der Waals surface area contributed by atoms with Crippen molar-refractivity contribution >= 4 is 0 Å². The van der Waals surface area contributed by atoms with Crippen LogP contribution in [0.1, 0.15) is 30.9 Å². The van der Waals surface area contributed by atoms with E-state index in [9.17, 15) is 9.50 Å². The zero-order valence-corrected chi connectivity index (χ0v) is 8.76. The van der Waals surface area contributed by atoms with Gasteiger partial charge in [-0.25, -0.2) is 4.39 Å². The monoisotopic (exact) mass is 196 g/mol. The van der Waals surface area contributed by atoms with Crippen molar-refractivity contribution in [2.75, 3.05) is 0 Å². The first-order valence-electron chi connectivity index (χ1n) is 5.06. The molecule has 0 saturated heterocycles. The molecule has 1 rings (SSSR count). The second kappa shape index (κ2) is 5.11. The fourth-order valence-corrected chi connectivity index (χ4v) is 1.54. The number of aliphatic hydroxyl groups excluding tert-OH is 1. The minimum absolute atomic E-state index is 0.182. The Bertz CT molecular complexity index is 296. The molecule has 0 fully saturated rings. The normalized spacial score (nSPS) is 12.9. The minimum atomic E-state index is -0.301. The van der Waals surface area contributed by atoms with Gasteiger partial charge in [0, 0.05) is 0 Å². The van der Waals surface area contributed by atoms with Crippen molar-refractivity contribution in [2.24, 2.45) is 0 Å². The Hall–Kier alpha value is -0.890. The second-order valence-corrected chi connectivity index (χ2v) is 3.73. The van der Waals surface area contributed by atoms with E-state index >= 15 is 0 Å². The van der Waals surface area contributed by atoms with Crippen molar-refractivity contribution in [3.63, 3.8) is 0 Å². The number of aryl methyl sites for hydroxylation is 1. The predicted molar refractivity (Wildman–Crippen MR) is 55.8 cm³/mol. The SMILES string of the molecule is CCCC(O)Cc1ccc(F)c(C)c1. The minimum Gasteiger partial charge on any atom is -0.393 e. The first-order chi connectivity index (χ1) is 6.63. The number of hydrogen-bond acceptors (Lipinski definition) is 1. The highest BCUT2D eigenvalue weighted by molar-refractivity contribution is 5.24. The van der Waals surface area contributed by atoms with Gasteiger partial charge in [0.15, 0.2) is 0 Å². The zero-order valence-electron chi connectivity index (χ0n) is 8.76. The summed E-state index contributed by atoms with van der Waals surface area (Å²) in [6.45, 7) is 3.78. The summed E-state index contributed by atoms with van der Waals surface area (Å²) in [5, 5.41) is 9.57. The summed E-state index contributed by atoms with van der Waals surface area (Å²) in [7, 11) is 0. The molecule has 0 amide bonds. The number of rotatable bonds is 4. The molecule has 1 nitrogen and oxygen atoms in total. The highest BCUT2D eigenvalue weighted by atomic mass is 19.1. The largest absolute Gasteiger partial charge is 0.393 e. The standard InChI is InChI=1S/C12H17FO/c1-3-4-11(14)8-10-5-6-12(13)9(2)7-10/h5-7,11,14H,3-4,8H2,1-2H3. The van der Waals surface area contributed by atoms with Crippen LogP contribution in [-0.4, -0.2) is 11.2 Å². The van der Waals surface area contributed by atoms with Crippen LogP contribution in [0.3, 0.4) is 0 Å². The van der Waals surface area contributed by atoms with Gasteiger partial charge in [-0.3, -0.25) is 0 Å². The van der Waals surface area contributed by atoms with Crippen LogP contribution in [0.25, 0.3) is 0 Å². The van der Waals surface area contributed by atoms with E-state index in [1.807, 2.05) is 6.92 Å². The van der Waals surface area contributed by atoms with Crippen molar-refractivity contribution in [3.05, 3.63) is 35.1 Å². The topological polar surface area (TPSA) is 20.2 Å². The summed E-state index contributed by atoms with van der Waals surface area (Å²) in [4.78, 5) is 0. The van der Waals surface area contributed by atoms with Crippen LogP contribution in [0.4, 0.5) is 4.39 Å². The Morgan fingerprint density at radius 3 is 2.71 bits per heavy atom. The molecule has 2 heteroatoms. The Labute approximate surface area is 84.6 Å². The van der Waals surface area contributed by atoms with E-state index < -0.39 is 0 Å². The Morgan fingerprint density at radius 2 is 2.14 bits per heavy atom. The first-order valence-corrected chi connectivity index (χ1v) is 5.06. The number of aliphatic hydroxyl groups is 1. The molecule has 0 radical (unpaired) electrons. The third kappa shape index (κ3) is 3.11. The van der Waals surface area contributed by atoms with Crippen LogP contribution < -0.4 is 0 Å². The molecule has 1 aromatic carbocycles. The van der Waals surface area contributed by atoms with E-state index in [0.29, 0.717) is 12.0 Å². The molecular weight excluding hydrogens is 179 g/mol. The highest BCUT2D eigenvalue weighted by Gasteiger charge is 2.05. The zero-order chi connectivity index (χ0) is 10.6. The summed E-state index contributed by atoms with van der Waals surface area (Å²) in [6, 6.07) is 5.00. The van der Waals surface area contributed by atoms with Gasteiger partial charge in [-0.05, 0) is 37.0 Å². The Kier molecular flexibility index (Phi) is 4.08. The van der Waals surface area contributed by atoms with Crippen molar-refractivity contribution in [2.45, 2.75) is 39.2 Å². The van der Waals surface area contributed by atoms with Gasteiger partial charge in [0.1, 0.15) is 5.82 Å². The van der Waals surface area contributed by atoms with E-state index in [0.717, 1.165) is 18.4 Å². The van der Waals surface area contributed by atoms with Crippen LogP contribution in [0, 0.1) is 12.7 Å². The molecule has 0 aliphatic carbocycles. The molecule has 0 bridgehead atoms. The molecule has 0 aliphatic rings. The van der Waals surface area contributed by atoms with Gasteiger partial charge in [-0.2, -0.15) is 0 Å². The fraction of sp³-hybridized carbons (Fsp3) is 0.500. The van der Waals surface area contributed by atoms with Crippen LogP contribution in [-0.2, 0) is 6.42 Å². The summed E-state index contributed by atoms with van der Waals surface area (Å²) in [5.74, 6) is -0.182. The molecule has 1 N–H and O–H groups in total. The third-order valence-corrected chi connectivity index (χ3v) is 2.32. The van der Waals surface area contributed by atoms with Crippen molar-refractivity contribution < 1.29 is 9.50 Å². The third-order valence-electron chi connectivity index (χ3n) is 2.32. The maximum absolute atomic E-state index is 12.9. The van der Waals surface area contributed by atoms with Gasteiger partial charge in [0.05, 0.1) is 6.10 Å². The van der Waals surface area contributed by atoms with Crippen LogP contribution in [0.15, 0.2) is 18.2 Å². The molecule has 1 unspecified atom stereocenters. The summed E-state index contributed by atoms with van der Waals surface area (Å²) < 4.78 is 12.9. The molecule has 0 spiro atoms. The van der Waals surface area contributed by atoms with Crippen molar-refractivity contribution in [3.8, 4) is 0 Å². The van der Waals surface area contributed by atoms with Gasteiger partial charge in [0.2, 0.25) is 0 Å². The number of benzene rings is 1. The molecule has 1 atom stereocenters. The molecule has 0 saturated carbocycles. The van der Waals surface area contributed by atoms with Gasteiger partial charge >= 0.3 is 0 Å². The molecule has 0 heterocycles. The summed E-state index contributed by atoms with van der Waals surface area (Å²) in [6.07, 6.45) is 2.09. The average molecular weight is 196 g/mol. The average Bonchev–Trinajstić information content (AvgIpc) is 2.12. The van der Waals surface area contributed by atoms with Gasteiger partial charge < -0.3 is 5.11 Å². The summed E-state index contributed by atoms with van der Waals surface area (Å²) >= 11 is 0. The Morgan fingerprint density at radius 1 is 1.43 bits per heavy atom. The van der Waals surface area contributed by atoms with Crippen LogP contribution >= 0.6 is 0 Å². The first kappa shape index (κ1) is 11.2. The van der Waals surface area contributed by atoms with E-state index in [2.05, 4.69) is 0 Å². The predicted octanol–water partition coefficient (Wildman–Crippen LogP) is 2.84. The van der Waals surface area contributed by atoms with Crippen LogP contribution in [0.2, 0.25) is 0 Å². The molecular formula is C12H17FO. The maximum Gasteiger partial charge on any atom is 0.126 e. The summed E-state index contributed by atoms with van der Waals surface area (Å²) in [5.41, 5.74) is 1.65. The number of hydrogen-bond donors (Lipinski definition) is 1. The van der Waals surface area contributed by atoms with Crippen LogP contribution in [0.5, 0.6) is 0 Å². The smallest absolute Gasteiger partial charge is 0.126 e. The lowest BCUT2D eigenvalue weighted by molar-refractivity contribution is 0.164. The van der Waals surface area contributed by atoms with Gasteiger partial charge in [-0.1, -0.05) is 25.5 Å². The van der Waals surface area contributed by atoms with Gasteiger partial charge in [-0.15, -0.1) is 0 Å². The van der Waals surface area contributed by atoms with E-state index in [1.165, 1.54) is 6.07 Å². The fourth-order valence-electron chi connectivity index (χ4n) is 1.54. The molecule has 1 aromatic rings. The van der Waals surface area contributed by atoms with E-state index in [1.54, 1.807) is 19.1 Å². The lowest BCUT2D eigenvalue weighted by Crippen LogP contribution is -2.09. The molecule has 14 heavy (non-hydrogen) atoms. The van der Waals surface area contributed by atoms with Gasteiger partial charge in [0.25, 0.3) is 0 Å². The molecule has 0 aliphatic heterocycles. The quantitative estimate of drug-likeness (QED) is 0.785. The maximum atomic E-state index is 12.9.